The van der Waals surface area contributed by atoms with Gasteiger partial charge in [0.2, 0.25) is 0 Å². The van der Waals surface area contributed by atoms with Gasteiger partial charge in [0.05, 0.1) is 18.6 Å². The van der Waals surface area contributed by atoms with Gasteiger partial charge in [-0.3, -0.25) is 4.90 Å². The van der Waals surface area contributed by atoms with Crippen molar-refractivity contribution in [2.75, 3.05) is 6.54 Å². The molecular formula is C13H16N2O. The van der Waals surface area contributed by atoms with E-state index in [9.17, 15) is 5.11 Å². The smallest absolute Gasteiger partial charge is 0.0717 e. The quantitative estimate of drug-likeness (QED) is 0.833. The average Bonchev–Trinajstić information content (AvgIpc) is 2.64. The van der Waals surface area contributed by atoms with Crippen LogP contribution in [0.4, 0.5) is 0 Å². The Balaban J connectivity index is 2.02. The molecule has 1 fully saturated rings. The zero-order valence-electron chi connectivity index (χ0n) is 9.21. The molecule has 1 heterocycles. The second kappa shape index (κ2) is 5.11. The third-order valence-electron chi connectivity index (χ3n) is 3.15. The summed E-state index contributed by atoms with van der Waals surface area (Å²) >= 11 is 0. The number of nitrogens with zero attached hydrogens (tertiary/aromatic N) is 2. The lowest BCUT2D eigenvalue weighted by molar-refractivity contribution is 0.115. The molecule has 16 heavy (non-hydrogen) atoms. The van der Waals surface area contributed by atoms with Crippen molar-refractivity contribution < 1.29 is 5.11 Å². The first-order valence-corrected chi connectivity index (χ1v) is 5.64. The van der Waals surface area contributed by atoms with Crippen LogP contribution in [0.2, 0.25) is 0 Å². The number of nitriles is 1. The van der Waals surface area contributed by atoms with E-state index in [0.717, 1.165) is 19.5 Å². The molecule has 2 atom stereocenters. The van der Waals surface area contributed by atoms with Crippen molar-refractivity contribution in [1.29, 1.82) is 5.26 Å². The number of hydrogen-bond donors (Lipinski definition) is 1. The van der Waals surface area contributed by atoms with E-state index in [-0.39, 0.29) is 12.1 Å². The molecule has 2 rings (SSSR count). The molecule has 84 valence electrons. The summed E-state index contributed by atoms with van der Waals surface area (Å²) in [6.07, 6.45) is 0.844. The van der Waals surface area contributed by atoms with Gasteiger partial charge in [-0.05, 0) is 12.0 Å². The van der Waals surface area contributed by atoms with Crippen LogP contribution in [0.3, 0.4) is 0 Å². The van der Waals surface area contributed by atoms with Gasteiger partial charge >= 0.3 is 0 Å². The fourth-order valence-corrected chi connectivity index (χ4v) is 2.27. The molecule has 0 saturated carbocycles. The zero-order valence-corrected chi connectivity index (χ0v) is 9.21. The second-order valence-corrected chi connectivity index (χ2v) is 4.24. The first kappa shape index (κ1) is 11.1. The molecule has 1 saturated heterocycles. The van der Waals surface area contributed by atoms with Crippen LogP contribution < -0.4 is 0 Å². The number of aliphatic hydroxyl groups is 1. The summed E-state index contributed by atoms with van der Waals surface area (Å²) in [6, 6.07) is 12.3. The van der Waals surface area contributed by atoms with Crippen molar-refractivity contribution in [3.63, 3.8) is 0 Å². The molecule has 0 radical (unpaired) electrons. The maximum absolute atomic E-state index is 9.78. The van der Waals surface area contributed by atoms with E-state index in [2.05, 4.69) is 23.1 Å². The minimum absolute atomic E-state index is 0.00482. The predicted molar refractivity (Wildman–Crippen MR) is 61.5 cm³/mol. The maximum Gasteiger partial charge on any atom is 0.0717 e. The van der Waals surface area contributed by atoms with Crippen molar-refractivity contribution >= 4 is 0 Å². The Bertz CT molecular complexity index is 371. The van der Waals surface area contributed by atoms with Gasteiger partial charge in [-0.1, -0.05) is 30.3 Å². The van der Waals surface area contributed by atoms with E-state index in [1.807, 2.05) is 18.2 Å². The predicted octanol–water partition coefficient (Wildman–Crippen LogP) is 1.54. The van der Waals surface area contributed by atoms with Crippen molar-refractivity contribution in [3.05, 3.63) is 35.9 Å². The first-order chi connectivity index (χ1) is 7.81. The molecule has 0 bridgehead atoms. The summed E-state index contributed by atoms with van der Waals surface area (Å²) in [4.78, 5) is 2.20. The third-order valence-corrected chi connectivity index (χ3v) is 3.15. The number of hydrogen-bond acceptors (Lipinski definition) is 3. The average molecular weight is 216 g/mol. The minimum atomic E-state index is -0.344. The lowest BCUT2D eigenvalue weighted by Crippen LogP contribution is -2.34. The van der Waals surface area contributed by atoms with E-state index in [1.54, 1.807) is 0 Å². The molecule has 3 heteroatoms. The van der Waals surface area contributed by atoms with E-state index in [1.165, 1.54) is 5.56 Å². The van der Waals surface area contributed by atoms with Gasteiger partial charge in [-0.2, -0.15) is 5.26 Å². The standard InChI is InChI=1S/C13H16N2O/c14-8-6-12-13(16)7-9-15(12)10-11-4-2-1-3-5-11/h1-5,12-13,16H,6-7,9-10H2. The summed E-state index contributed by atoms with van der Waals surface area (Å²) in [5.74, 6) is 0. The van der Waals surface area contributed by atoms with Crippen LogP contribution in [0, 0.1) is 11.3 Å². The largest absolute Gasteiger partial charge is 0.391 e. The number of likely N-dealkylation sites (tertiary alicyclic amines) is 1. The summed E-state index contributed by atoms with van der Waals surface area (Å²) in [7, 11) is 0. The zero-order chi connectivity index (χ0) is 11.4. The van der Waals surface area contributed by atoms with Crippen molar-refractivity contribution in [3.8, 4) is 6.07 Å². The van der Waals surface area contributed by atoms with E-state index in [4.69, 9.17) is 5.26 Å². The van der Waals surface area contributed by atoms with E-state index in [0.29, 0.717) is 6.42 Å². The summed E-state index contributed by atoms with van der Waals surface area (Å²) in [6.45, 7) is 1.70. The third kappa shape index (κ3) is 2.41. The lowest BCUT2D eigenvalue weighted by atomic mass is 10.1. The highest BCUT2D eigenvalue weighted by atomic mass is 16.3. The van der Waals surface area contributed by atoms with Crippen molar-refractivity contribution in [1.82, 2.24) is 4.90 Å². The summed E-state index contributed by atoms with van der Waals surface area (Å²) < 4.78 is 0. The molecule has 1 aromatic rings. The van der Waals surface area contributed by atoms with E-state index < -0.39 is 0 Å². The van der Waals surface area contributed by atoms with E-state index >= 15 is 0 Å². The number of aliphatic hydroxyl groups excluding tert-OH is 1. The number of rotatable bonds is 3. The summed E-state index contributed by atoms with van der Waals surface area (Å²) in [5, 5.41) is 18.5. The molecule has 1 aliphatic rings. The van der Waals surface area contributed by atoms with Crippen LogP contribution in [0.15, 0.2) is 30.3 Å². The molecule has 0 spiro atoms. The maximum atomic E-state index is 9.78. The highest BCUT2D eigenvalue weighted by molar-refractivity contribution is 5.15. The Labute approximate surface area is 95.9 Å². The van der Waals surface area contributed by atoms with Crippen LogP contribution in [-0.2, 0) is 6.54 Å². The van der Waals surface area contributed by atoms with Crippen LogP contribution >= 0.6 is 0 Å². The van der Waals surface area contributed by atoms with Gasteiger partial charge in [0.15, 0.2) is 0 Å². The van der Waals surface area contributed by atoms with Gasteiger partial charge in [0.25, 0.3) is 0 Å². The molecule has 1 aliphatic heterocycles. The molecule has 1 N–H and O–H groups in total. The molecule has 0 aromatic heterocycles. The SMILES string of the molecule is N#CCC1C(O)CCN1Cc1ccccc1. The molecule has 0 aliphatic carbocycles. The highest BCUT2D eigenvalue weighted by Crippen LogP contribution is 2.22. The van der Waals surface area contributed by atoms with Gasteiger partial charge in [-0.25, -0.2) is 0 Å². The first-order valence-electron chi connectivity index (χ1n) is 5.64. The fourth-order valence-electron chi connectivity index (χ4n) is 2.27. The fraction of sp³-hybridized carbons (Fsp3) is 0.462. The molecule has 0 amide bonds. The van der Waals surface area contributed by atoms with Gasteiger partial charge in [-0.15, -0.1) is 0 Å². The Morgan fingerprint density at radius 3 is 2.81 bits per heavy atom. The Kier molecular flexibility index (Phi) is 3.55. The summed E-state index contributed by atoms with van der Waals surface area (Å²) in [5.41, 5.74) is 1.24. The monoisotopic (exact) mass is 216 g/mol. The van der Waals surface area contributed by atoms with Gasteiger partial charge in [0.1, 0.15) is 0 Å². The molecule has 2 unspecified atom stereocenters. The van der Waals surface area contributed by atoms with Crippen molar-refractivity contribution in [2.45, 2.75) is 31.5 Å². The molecular weight excluding hydrogens is 200 g/mol. The van der Waals surface area contributed by atoms with Crippen LogP contribution in [0.25, 0.3) is 0 Å². The Morgan fingerprint density at radius 1 is 1.38 bits per heavy atom. The lowest BCUT2D eigenvalue weighted by Gasteiger charge is -2.23. The Hall–Kier alpha value is -1.37. The normalized spacial score (nSPS) is 25.5. The highest BCUT2D eigenvalue weighted by Gasteiger charge is 2.32. The van der Waals surface area contributed by atoms with Crippen molar-refractivity contribution in [2.24, 2.45) is 0 Å². The number of benzene rings is 1. The van der Waals surface area contributed by atoms with Gasteiger partial charge in [0, 0.05) is 19.1 Å². The molecule has 3 nitrogen and oxygen atoms in total. The minimum Gasteiger partial charge on any atom is -0.391 e. The van der Waals surface area contributed by atoms with Crippen LogP contribution in [0.1, 0.15) is 18.4 Å². The molecule has 1 aromatic carbocycles. The van der Waals surface area contributed by atoms with Crippen LogP contribution in [-0.4, -0.2) is 28.7 Å². The van der Waals surface area contributed by atoms with Crippen LogP contribution in [0.5, 0.6) is 0 Å². The topological polar surface area (TPSA) is 47.3 Å². The second-order valence-electron chi connectivity index (χ2n) is 4.24. The Morgan fingerprint density at radius 2 is 2.12 bits per heavy atom. The van der Waals surface area contributed by atoms with Gasteiger partial charge < -0.3 is 5.11 Å².